The highest BCUT2D eigenvalue weighted by Crippen LogP contribution is 2.20. The number of ether oxygens (including phenoxy) is 1. The summed E-state index contributed by atoms with van der Waals surface area (Å²) in [6, 6.07) is 4.73. The number of aldehydes is 2. The van der Waals surface area contributed by atoms with Crippen LogP contribution in [-0.2, 0) is 0 Å². The Morgan fingerprint density at radius 3 is 2.29 bits per heavy atom. The summed E-state index contributed by atoms with van der Waals surface area (Å²) >= 11 is 0. The molecule has 0 radical (unpaired) electrons. The molecule has 0 unspecified atom stereocenters. The summed E-state index contributed by atoms with van der Waals surface area (Å²) in [6.07, 6.45) is 6.26. The molecule has 0 aromatic heterocycles. The summed E-state index contributed by atoms with van der Waals surface area (Å²) in [5.74, 6) is 2.51. The number of hydrogen-bond donors (Lipinski definition) is 0. The number of carbonyl (C=O) groups excluding carboxylic acids is 2. The molecule has 70 valence electrons. The minimum Gasteiger partial charge on any atom is -0.479 e. The van der Waals surface area contributed by atoms with E-state index in [0.717, 1.165) is 0 Å². The number of benzene rings is 1. The minimum absolute atomic E-state index is 0.0334. The first kappa shape index (κ1) is 10.0. The molecule has 1 aromatic rings. The topological polar surface area (TPSA) is 43.4 Å². The molecule has 1 aromatic carbocycles. The van der Waals surface area contributed by atoms with E-state index in [1.165, 1.54) is 0 Å². The number of terminal acetylenes is 1. The van der Waals surface area contributed by atoms with E-state index in [1.54, 1.807) is 18.2 Å². The van der Waals surface area contributed by atoms with Gasteiger partial charge in [-0.3, -0.25) is 9.59 Å². The molecule has 0 aliphatic carbocycles. The maximum absolute atomic E-state index is 10.6. The summed E-state index contributed by atoms with van der Waals surface area (Å²) in [7, 11) is 0. The Kier molecular flexibility index (Phi) is 3.45. The number of carbonyl (C=O) groups is 2. The molecule has 1 rings (SSSR count). The van der Waals surface area contributed by atoms with Crippen LogP contribution in [0.5, 0.6) is 5.75 Å². The average molecular weight is 188 g/mol. The zero-order valence-electron chi connectivity index (χ0n) is 7.40. The van der Waals surface area contributed by atoms with E-state index in [1.807, 2.05) is 0 Å². The molecule has 0 N–H and O–H groups in total. The normalized spacial score (nSPS) is 8.79. The van der Waals surface area contributed by atoms with E-state index in [2.05, 4.69) is 5.92 Å². The molecule has 0 amide bonds. The van der Waals surface area contributed by atoms with Crippen LogP contribution in [0.3, 0.4) is 0 Å². The van der Waals surface area contributed by atoms with Crippen molar-refractivity contribution in [3.8, 4) is 18.1 Å². The van der Waals surface area contributed by atoms with Crippen LogP contribution < -0.4 is 4.74 Å². The van der Waals surface area contributed by atoms with Gasteiger partial charge in [0.2, 0.25) is 0 Å². The molecule has 0 fully saturated rings. The van der Waals surface area contributed by atoms with Gasteiger partial charge in [0.15, 0.2) is 12.6 Å². The van der Waals surface area contributed by atoms with Crippen LogP contribution in [0.2, 0.25) is 0 Å². The van der Waals surface area contributed by atoms with Crippen LogP contribution in [0.25, 0.3) is 0 Å². The molecular weight excluding hydrogens is 180 g/mol. The first-order chi connectivity index (χ1) is 6.83. The maximum Gasteiger partial charge on any atom is 0.153 e. The summed E-state index contributed by atoms with van der Waals surface area (Å²) in [5.41, 5.74) is 0.648. The highest BCUT2D eigenvalue weighted by Gasteiger charge is 2.07. The Morgan fingerprint density at radius 1 is 1.29 bits per heavy atom. The molecule has 0 aliphatic rings. The van der Waals surface area contributed by atoms with Crippen molar-refractivity contribution in [2.75, 3.05) is 6.61 Å². The van der Waals surface area contributed by atoms with Crippen molar-refractivity contribution >= 4 is 12.6 Å². The molecule has 0 saturated carbocycles. The Bertz CT molecular complexity index is 362. The molecule has 14 heavy (non-hydrogen) atoms. The summed E-state index contributed by atoms with van der Waals surface area (Å²) in [4.78, 5) is 21.2. The van der Waals surface area contributed by atoms with E-state index in [0.29, 0.717) is 23.7 Å². The standard InChI is InChI=1S/C11H8O3/c1-2-6-14-11-9(7-12)4-3-5-10(11)8-13/h1,3-5,7-8H,6H2. The van der Waals surface area contributed by atoms with Gasteiger partial charge in [0.1, 0.15) is 12.4 Å². The third kappa shape index (κ3) is 1.99. The zero-order chi connectivity index (χ0) is 10.4. The minimum atomic E-state index is 0.0334. The quantitative estimate of drug-likeness (QED) is 0.528. The lowest BCUT2D eigenvalue weighted by Crippen LogP contribution is -2.00. The van der Waals surface area contributed by atoms with Gasteiger partial charge in [-0.15, -0.1) is 6.42 Å². The van der Waals surface area contributed by atoms with Gasteiger partial charge in [0, 0.05) is 0 Å². The van der Waals surface area contributed by atoms with Crippen LogP contribution in [0.1, 0.15) is 20.7 Å². The molecule has 0 aliphatic heterocycles. The number of hydrogen-bond acceptors (Lipinski definition) is 3. The van der Waals surface area contributed by atoms with Gasteiger partial charge in [-0.25, -0.2) is 0 Å². The smallest absolute Gasteiger partial charge is 0.153 e. The molecule has 0 saturated heterocycles. The third-order valence-electron chi connectivity index (χ3n) is 1.63. The van der Waals surface area contributed by atoms with Crippen molar-refractivity contribution in [3.05, 3.63) is 29.3 Å². The van der Waals surface area contributed by atoms with Gasteiger partial charge in [-0.2, -0.15) is 0 Å². The van der Waals surface area contributed by atoms with Crippen LogP contribution in [0.4, 0.5) is 0 Å². The zero-order valence-corrected chi connectivity index (χ0v) is 7.40. The van der Waals surface area contributed by atoms with E-state index in [4.69, 9.17) is 11.2 Å². The van der Waals surface area contributed by atoms with Crippen molar-refractivity contribution in [1.29, 1.82) is 0 Å². The second-order valence-electron chi connectivity index (χ2n) is 2.49. The first-order valence-corrected chi connectivity index (χ1v) is 3.93. The molecule has 0 heterocycles. The van der Waals surface area contributed by atoms with Gasteiger partial charge < -0.3 is 4.74 Å². The second-order valence-corrected chi connectivity index (χ2v) is 2.49. The Labute approximate surface area is 81.7 Å². The second kappa shape index (κ2) is 4.83. The predicted octanol–water partition coefficient (Wildman–Crippen LogP) is 1.32. The van der Waals surface area contributed by atoms with Gasteiger partial charge in [-0.05, 0) is 12.1 Å². The van der Waals surface area contributed by atoms with Crippen molar-refractivity contribution in [1.82, 2.24) is 0 Å². The summed E-state index contributed by atoms with van der Waals surface area (Å²) in [5, 5.41) is 0. The largest absolute Gasteiger partial charge is 0.479 e. The average Bonchev–Trinajstić information content (AvgIpc) is 2.25. The van der Waals surface area contributed by atoms with Crippen molar-refractivity contribution < 1.29 is 14.3 Å². The van der Waals surface area contributed by atoms with Gasteiger partial charge >= 0.3 is 0 Å². The summed E-state index contributed by atoms with van der Waals surface area (Å²) in [6.45, 7) is 0.0334. The lowest BCUT2D eigenvalue weighted by atomic mass is 10.1. The highest BCUT2D eigenvalue weighted by atomic mass is 16.5. The fourth-order valence-electron chi connectivity index (χ4n) is 1.04. The fraction of sp³-hybridized carbons (Fsp3) is 0.0909. The van der Waals surface area contributed by atoms with E-state index >= 15 is 0 Å². The number of rotatable bonds is 4. The molecular formula is C11H8O3. The maximum atomic E-state index is 10.6. The van der Waals surface area contributed by atoms with Gasteiger partial charge in [0.25, 0.3) is 0 Å². The Hall–Kier alpha value is -2.08. The number of para-hydroxylation sites is 1. The van der Waals surface area contributed by atoms with Crippen LogP contribution >= 0.6 is 0 Å². The van der Waals surface area contributed by atoms with Crippen LogP contribution in [0, 0.1) is 12.3 Å². The first-order valence-electron chi connectivity index (χ1n) is 3.93. The molecule has 0 spiro atoms. The van der Waals surface area contributed by atoms with E-state index in [-0.39, 0.29) is 12.4 Å². The third-order valence-corrected chi connectivity index (χ3v) is 1.63. The van der Waals surface area contributed by atoms with E-state index in [9.17, 15) is 9.59 Å². The highest BCUT2D eigenvalue weighted by molar-refractivity contribution is 5.88. The molecule has 0 atom stereocenters. The van der Waals surface area contributed by atoms with Crippen molar-refractivity contribution in [3.63, 3.8) is 0 Å². The Balaban J connectivity index is 3.13. The van der Waals surface area contributed by atoms with E-state index < -0.39 is 0 Å². The molecule has 0 bridgehead atoms. The summed E-state index contributed by atoms with van der Waals surface area (Å²) < 4.78 is 5.10. The monoisotopic (exact) mass is 188 g/mol. The van der Waals surface area contributed by atoms with Crippen molar-refractivity contribution in [2.24, 2.45) is 0 Å². The molecule has 3 heteroatoms. The lowest BCUT2D eigenvalue weighted by molar-refractivity contribution is 0.111. The van der Waals surface area contributed by atoms with Gasteiger partial charge in [-0.1, -0.05) is 12.0 Å². The van der Waals surface area contributed by atoms with Crippen molar-refractivity contribution in [2.45, 2.75) is 0 Å². The SMILES string of the molecule is C#CCOc1c(C=O)cccc1C=O. The fourth-order valence-corrected chi connectivity index (χ4v) is 1.04. The predicted molar refractivity (Wildman–Crippen MR) is 51.5 cm³/mol. The van der Waals surface area contributed by atoms with Crippen LogP contribution in [-0.4, -0.2) is 19.2 Å². The molecule has 3 nitrogen and oxygen atoms in total. The van der Waals surface area contributed by atoms with Crippen LogP contribution in [0.15, 0.2) is 18.2 Å². The lowest BCUT2D eigenvalue weighted by Gasteiger charge is -2.07. The Morgan fingerprint density at radius 2 is 1.86 bits per heavy atom. The van der Waals surface area contributed by atoms with Gasteiger partial charge in [0.05, 0.1) is 11.1 Å².